The van der Waals surface area contributed by atoms with Crippen molar-refractivity contribution in [2.45, 2.75) is 13.8 Å². The lowest BCUT2D eigenvalue weighted by Gasteiger charge is -2.25. The number of fused-ring (bicyclic) bond motifs is 2. The fourth-order valence-electron chi connectivity index (χ4n) is 4.46. The largest absolute Gasteiger partial charge is 0.289 e. The molecule has 1 aliphatic rings. The van der Waals surface area contributed by atoms with Crippen molar-refractivity contribution in [3.05, 3.63) is 118 Å². The quantitative estimate of drug-likeness (QED) is 0.316. The molecule has 0 saturated carbocycles. The van der Waals surface area contributed by atoms with Crippen LogP contribution in [0.4, 0.5) is 8.78 Å². The zero-order chi connectivity index (χ0) is 22.6. The van der Waals surface area contributed by atoms with Crippen LogP contribution in [0, 0.1) is 25.5 Å². The van der Waals surface area contributed by atoms with Crippen molar-refractivity contribution in [2.24, 2.45) is 0 Å². The van der Waals surface area contributed by atoms with Crippen molar-refractivity contribution in [2.75, 3.05) is 0 Å². The summed E-state index contributed by atoms with van der Waals surface area (Å²) in [5.41, 5.74) is 5.27. The van der Waals surface area contributed by atoms with Crippen LogP contribution in [0.1, 0.15) is 43.0 Å². The molecule has 0 radical (unpaired) electrons. The van der Waals surface area contributed by atoms with E-state index in [4.69, 9.17) is 0 Å². The Kier molecular flexibility index (Phi) is 4.59. The molecule has 0 spiro atoms. The lowest BCUT2D eigenvalue weighted by molar-refractivity contribution is 0.0979. The van der Waals surface area contributed by atoms with Gasteiger partial charge in [-0.3, -0.25) is 9.59 Å². The fraction of sp³-hybridized carbons (Fsp3) is 0.0714. The monoisotopic (exact) mass is 424 g/mol. The number of carbonyl (C=O) groups is 2. The maximum absolute atomic E-state index is 13.8. The Labute approximate surface area is 184 Å². The van der Waals surface area contributed by atoms with E-state index in [1.54, 1.807) is 36.4 Å². The van der Waals surface area contributed by atoms with Gasteiger partial charge < -0.3 is 0 Å². The minimum absolute atomic E-state index is 0.237. The van der Waals surface area contributed by atoms with Gasteiger partial charge in [-0.05, 0) is 71.5 Å². The topological polar surface area (TPSA) is 34.1 Å². The van der Waals surface area contributed by atoms with Crippen molar-refractivity contribution in [3.63, 3.8) is 0 Å². The molecular weight excluding hydrogens is 406 g/mol. The summed E-state index contributed by atoms with van der Waals surface area (Å²) in [6.45, 7) is 3.63. The van der Waals surface area contributed by atoms with Gasteiger partial charge in [0, 0.05) is 22.3 Å². The minimum Gasteiger partial charge on any atom is -0.289 e. The minimum atomic E-state index is -0.384. The summed E-state index contributed by atoms with van der Waals surface area (Å²) in [6, 6.07) is 18.9. The molecule has 2 nitrogen and oxygen atoms in total. The maximum Gasteiger partial charge on any atom is 0.195 e. The van der Waals surface area contributed by atoms with Crippen LogP contribution < -0.4 is 0 Å². The molecule has 4 heteroatoms. The first-order valence-electron chi connectivity index (χ1n) is 10.3. The molecule has 1 aliphatic carbocycles. The normalized spacial score (nSPS) is 12.5. The second kappa shape index (κ2) is 7.34. The van der Waals surface area contributed by atoms with Crippen molar-refractivity contribution in [1.82, 2.24) is 0 Å². The third-order valence-corrected chi connectivity index (χ3v) is 6.05. The molecule has 32 heavy (non-hydrogen) atoms. The van der Waals surface area contributed by atoms with Gasteiger partial charge in [0.1, 0.15) is 11.6 Å². The van der Waals surface area contributed by atoms with Gasteiger partial charge in [-0.1, -0.05) is 48.5 Å². The highest BCUT2D eigenvalue weighted by Crippen LogP contribution is 2.41. The highest BCUT2D eigenvalue weighted by Gasteiger charge is 2.36. The Hall–Kier alpha value is -3.92. The molecule has 0 fully saturated rings. The second-order valence-corrected chi connectivity index (χ2v) is 8.03. The number of carbonyl (C=O) groups excluding carboxylic acids is 2. The smallest absolute Gasteiger partial charge is 0.195 e. The highest BCUT2D eigenvalue weighted by atomic mass is 19.1. The standard InChI is InChI=1S/C28H18F2O2/c1-15-3-4-16(2)24-23(15)27(31)25-21(17-5-9-19(29)10-6-17)13-14-22(26(25)28(24)32)18-7-11-20(30)12-8-18/h3-14H,1-2H3. The average molecular weight is 424 g/mol. The van der Waals surface area contributed by atoms with Crippen molar-refractivity contribution < 1.29 is 18.4 Å². The molecule has 0 saturated heterocycles. The summed E-state index contributed by atoms with van der Waals surface area (Å²) >= 11 is 0. The van der Waals surface area contributed by atoms with Crippen molar-refractivity contribution >= 4 is 11.6 Å². The van der Waals surface area contributed by atoms with Crippen LogP contribution in [0.15, 0.2) is 72.8 Å². The summed E-state index contributed by atoms with van der Waals surface area (Å²) in [7, 11) is 0. The summed E-state index contributed by atoms with van der Waals surface area (Å²) in [5, 5.41) is 0. The Morgan fingerprint density at radius 1 is 0.469 bits per heavy atom. The molecule has 0 aliphatic heterocycles. The Morgan fingerprint density at radius 2 is 0.812 bits per heavy atom. The zero-order valence-electron chi connectivity index (χ0n) is 17.5. The maximum atomic E-state index is 13.8. The zero-order valence-corrected chi connectivity index (χ0v) is 17.5. The average Bonchev–Trinajstić information content (AvgIpc) is 2.79. The van der Waals surface area contributed by atoms with E-state index in [0.29, 0.717) is 44.5 Å². The number of benzene rings is 4. The predicted molar refractivity (Wildman–Crippen MR) is 120 cm³/mol. The van der Waals surface area contributed by atoms with Crippen molar-refractivity contribution in [1.29, 1.82) is 0 Å². The molecule has 5 rings (SSSR count). The van der Waals surface area contributed by atoms with Gasteiger partial charge in [-0.15, -0.1) is 0 Å². The molecule has 4 aromatic rings. The molecule has 4 aromatic carbocycles. The number of halogens is 2. The van der Waals surface area contributed by atoms with Crippen LogP contribution in [0.3, 0.4) is 0 Å². The molecule has 0 heterocycles. The third kappa shape index (κ3) is 2.99. The van der Waals surface area contributed by atoms with Crippen LogP contribution in [0.2, 0.25) is 0 Å². The first kappa shape index (κ1) is 20.0. The molecule has 0 unspecified atom stereocenters. The molecule has 156 valence electrons. The summed E-state index contributed by atoms with van der Waals surface area (Å²) < 4.78 is 27.1. The van der Waals surface area contributed by atoms with Crippen LogP contribution in [0.5, 0.6) is 0 Å². The Morgan fingerprint density at radius 3 is 1.16 bits per heavy atom. The van der Waals surface area contributed by atoms with Gasteiger partial charge in [0.2, 0.25) is 0 Å². The summed E-state index contributed by atoms with van der Waals surface area (Å²) in [4.78, 5) is 27.7. The Bertz CT molecular complexity index is 1310. The van der Waals surface area contributed by atoms with Gasteiger partial charge in [0.25, 0.3) is 0 Å². The highest BCUT2D eigenvalue weighted by molar-refractivity contribution is 6.33. The lowest BCUT2D eigenvalue weighted by atomic mass is 9.75. The molecular formula is C28H18F2O2. The first-order valence-corrected chi connectivity index (χ1v) is 10.3. The van der Waals surface area contributed by atoms with E-state index < -0.39 is 0 Å². The van der Waals surface area contributed by atoms with E-state index in [1.807, 2.05) is 26.0 Å². The number of ketones is 2. The number of hydrogen-bond donors (Lipinski definition) is 0. The first-order chi connectivity index (χ1) is 15.4. The van der Waals surface area contributed by atoms with Gasteiger partial charge in [-0.25, -0.2) is 8.78 Å². The van der Waals surface area contributed by atoms with Gasteiger partial charge in [-0.2, -0.15) is 0 Å². The number of aryl methyl sites for hydroxylation is 2. The third-order valence-electron chi connectivity index (χ3n) is 6.05. The number of rotatable bonds is 2. The van der Waals surface area contributed by atoms with E-state index in [-0.39, 0.29) is 23.2 Å². The van der Waals surface area contributed by atoms with Crippen LogP contribution in [-0.4, -0.2) is 11.6 Å². The second-order valence-electron chi connectivity index (χ2n) is 8.03. The van der Waals surface area contributed by atoms with Crippen LogP contribution >= 0.6 is 0 Å². The summed E-state index contributed by atoms with van der Waals surface area (Å²) in [6.07, 6.45) is 0. The molecule has 0 aromatic heterocycles. The van der Waals surface area contributed by atoms with Crippen molar-refractivity contribution in [3.8, 4) is 22.3 Å². The molecule has 0 atom stereocenters. The molecule has 0 N–H and O–H groups in total. The lowest BCUT2D eigenvalue weighted by Crippen LogP contribution is -2.25. The fourth-order valence-corrected chi connectivity index (χ4v) is 4.46. The number of hydrogen-bond acceptors (Lipinski definition) is 2. The van der Waals surface area contributed by atoms with Crippen LogP contribution in [-0.2, 0) is 0 Å². The van der Waals surface area contributed by atoms with Gasteiger partial charge >= 0.3 is 0 Å². The predicted octanol–water partition coefficient (Wildman–Crippen LogP) is 6.69. The van der Waals surface area contributed by atoms with E-state index in [2.05, 4.69) is 0 Å². The van der Waals surface area contributed by atoms with Crippen LogP contribution in [0.25, 0.3) is 22.3 Å². The summed E-state index contributed by atoms with van der Waals surface area (Å²) in [5.74, 6) is -1.24. The SMILES string of the molecule is Cc1ccc(C)c2c1C(=O)c1c(-c3ccc(F)cc3)ccc(-c3ccc(F)cc3)c1C2=O. The van der Waals surface area contributed by atoms with E-state index in [0.717, 1.165) is 11.1 Å². The van der Waals surface area contributed by atoms with Gasteiger partial charge in [0.05, 0.1) is 0 Å². The van der Waals surface area contributed by atoms with E-state index >= 15 is 0 Å². The molecule has 0 bridgehead atoms. The van der Waals surface area contributed by atoms with E-state index in [1.165, 1.54) is 24.3 Å². The van der Waals surface area contributed by atoms with Gasteiger partial charge in [0.15, 0.2) is 11.6 Å². The Balaban J connectivity index is 1.87. The van der Waals surface area contributed by atoms with E-state index in [9.17, 15) is 18.4 Å². The molecule has 0 amide bonds.